The highest BCUT2D eigenvalue weighted by Gasteiger charge is 2.30. The first-order valence-corrected chi connectivity index (χ1v) is 6.86. The molecule has 1 fully saturated rings. The molecule has 1 aliphatic carbocycles. The van der Waals surface area contributed by atoms with Crippen molar-refractivity contribution in [2.75, 3.05) is 0 Å². The van der Waals surface area contributed by atoms with Crippen molar-refractivity contribution in [1.82, 2.24) is 4.98 Å². The zero-order valence-electron chi connectivity index (χ0n) is 10.6. The topological polar surface area (TPSA) is 33.1 Å². The average molecular weight is 241 g/mol. The molecule has 0 atom stereocenters. The van der Waals surface area contributed by atoms with Crippen LogP contribution < -0.4 is 0 Å². The lowest BCUT2D eigenvalue weighted by Gasteiger charge is -2.27. The number of hydrogen-bond donors (Lipinski definition) is 1. The van der Waals surface area contributed by atoms with Gasteiger partial charge in [-0.25, -0.2) is 0 Å². The van der Waals surface area contributed by atoms with Gasteiger partial charge in [0.25, 0.3) is 0 Å². The fourth-order valence-electron chi connectivity index (χ4n) is 2.96. The highest BCUT2D eigenvalue weighted by atomic mass is 16.3. The van der Waals surface area contributed by atoms with Crippen LogP contribution in [0.15, 0.2) is 36.5 Å². The second-order valence-electron chi connectivity index (χ2n) is 5.36. The van der Waals surface area contributed by atoms with Crippen molar-refractivity contribution >= 4 is 10.9 Å². The fourth-order valence-corrected chi connectivity index (χ4v) is 2.96. The molecule has 3 rings (SSSR count). The second kappa shape index (κ2) is 4.69. The van der Waals surface area contributed by atoms with Gasteiger partial charge in [0.1, 0.15) is 0 Å². The minimum atomic E-state index is -0.637. The Morgan fingerprint density at radius 3 is 2.56 bits per heavy atom. The normalized spacial score (nSPS) is 19.6. The van der Waals surface area contributed by atoms with Gasteiger partial charge in [-0.05, 0) is 30.5 Å². The number of pyridine rings is 1. The summed E-state index contributed by atoms with van der Waals surface area (Å²) in [6, 6.07) is 10.2. The van der Waals surface area contributed by atoms with E-state index in [1.54, 1.807) is 0 Å². The van der Waals surface area contributed by atoms with Crippen LogP contribution in [0.5, 0.6) is 0 Å². The molecule has 1 aromatic heterocycles. The zero-order chi connectivity index (χ0) is 12.4. The Balaban J connectivity index is 2.02. The number of fused-ring (bicyclic) bond motifs is 1. The van der Waals surface area contributed by atoms with E-state index in [4.69, 9.17) is 0 Å². The predicted octanol–water partition coefficient (Wildman–Crippen LogP) is 3.78. The zero-order valence-corrected chi connectivity index (χ0v) is 10.6. The molecule has 1 saturated carbocycles. The molecule has 0 saturated heterocycles. The van der Waals surface area contributed by atoms with Crippen LogP contribution in [0.1, 0.15) is 44.1 Å². The highest BCUT2D eigenvalue weighted by Crippen LogP contribution is 2.36. The van der Waals surface area contributed by atoms with Gasteiger partial charge in [-0.2, -0.15) is 0 Å². The van der Waals surface area contributed by atoms with E-state index in [-0.39, 0.29) is 0 Å². The first kappa shape index (κ1) is 11.7. The van der Waals surface area contributed by atoms with Crippen molar-refractivity contribution < 1.29 is 5.11 Å². The van der Waals surface area contributed by atoms with E-state index >= 15 is 0 Å². The minimum absolute atomic E-state index is 0.637. The molecule has 1 heterocycles. The van der Waals surface area contributed by atoms with E-state index in [1.165, 1.54) is 12.8 Å². The maximum Gasteiger partial charge on any atom is 0.0897 e. The smallest absolute Gasteiger partial charge is 0.0897 e. The molecule has 0 unspecified atom stereocenters. The Kier molecular flexibility index (Phi) is 3.04. The molecular weight excluding hydrogens is 222 g/mol. The van der Waals surface area contributed by atoms with Gasteiger partial charge in [0.2, 0.25) is 0 Å². The Bertz CT molecular complexity index is 542. The van der Waals surface area contributed by atoms with Crippen molar-refractivity contribution in [2.24, 2.45) is 0 Å². The van der Waals surface area contributed by atoms with Gasteiger partial charge in [0, 0.05) is 11.6 Å². The summed E-state index contributed by atoms with van der Waals surface area (Å²) in [6.07, 6.45) is 8.30. The van der Waals surface area contributed by atoms with Crippen LogP contribution in [0.2, 0.25) is 0 Å². The molecule has 2 heteroatoms. The van der Waals surface area contributed by atoms with Crippen molar-refractivity contribution in [3.8, 4) is 0 Å². The summed E-state index contributed by atoms with van der Waals surface area (Å²) in [6.45, 7) is 0. The SMILES string of the molecule is OC1(c2ccc3cccnc3c2)CCCCCC1. The van der Waals surface area contributed by atoms with Crippen LogP contribution in [-0.2, 0) is 5.60 Å². The molecular formula is C16H19NO. The van der Waals surface area contributed by atoms with E-state index in [9.17, 15) is 5.11 Å². The van der Waals surface area contributed by atoms with Gasteiger partial charge in [-0.3, -0.25) is 4.98 Å². The number of aliphatic hydroxyl groups is 1. The first-order chi connectivity index (χ1) is 8.78. The standard InChI is InChI=1S/C16H19NO/c18-16(9-3-1-2-4-10-16)14-8-7-13-6-5-11-17-15(13)12-14/h5-8,11-12,18H,1-4,9-10H2. The monoisotopic (exact) mass is 241 g/mol. The Labute approximate surface area is 108 Å². The van der Waals surface area contributed by atoms with Crippen LogP contribution in [-0.4, -0.2) is 10.1 Å². The summed E-state index contributed by atoms with van der Waals surface area (Å²) < 4.78 is 0. The van der Waals surface area contributed by atoms with E-state index in [2.05, 4.69) is 29.2 Å². The third kappa shape index (κ3) is 2.13. The Hall–Kier alpha value is -1.41. The lowest BCUT2D eigenvalue weighted by Crippen LogP contribution is -2.24. The Morgan fingerprint density at radius 2 is 1.78 bits per heavy atom. The first-order valence-electron chi connectivity index (χ1n) is 6.86. The van der Waals surface area contributed by atoms with Crippen molar-refractivity contribution in [3.05, 3.63) is 42.1 Å². The summed E-state index contributed by atoms with van der Waals surface area (Å²) in [5.74, 6) is 0. The lowest BCUT2D eigenvalue weighted by molar-refractivity contribution is 0.0208. The van der Waals surface area contributed by atoms with E-state index in [0.29, 0.717) is 0 Å². The van der Waals surface area contributed by atoms with Gasteiger partial charge >= 0.3 is 0 Å². The molecule has 0 aliphatic heterocycles. The molecule has 0 bridgehead atoms. The fraction of sp³-hybridized carbons (Fsp3) is 0.438. The van der Waals surface area contributed by atoms with E-state index in [0.717, 1.165) is 42.1 Å². The summed E-state index contributed by atoms with van der Waals surface area (Å²) in [7, 11) is 0. The van der Waals surface area contributed by atoms with E-state index < -0.39 is 5.60 Å². The quantitative estimate of drug-likeness (QED) is 0.771. The van der Waals surface area contributed by atoms with Gasteiger partial charge in [-0.1, -0.05) is 43.9 Å². The predicted molar refractivity (Wildman–Crippen MR) is 73.3 cm³/mol. The molecule has 1 N–H and O–H groups in total. The average Bonchev–Trinajstić information content (AvgIpc) is 2.64. The van der Waals surface area contributed by atoms with Crippen molar-refractivity contribution in [2.45, 2.75) is 44.1 Å². The van der Waals surface area contributed by atoms with Gasteiger partial charge in [0.15, 0.2) is 0 Å². The van der Waals surface area contributed by atoms with Crippen LogP contribution in [0.4, 0.5) is 0 Å². The molecule has 94 valence electrons. The van der Waals surface area contributed by atoms with Gasteiger partial charge in [-0.15, -0.1) is 0 Å². The summed E-state index contributed by atoms with van der Waals surface area (Å²) >= 11 is 0. The van der Waals surface area contributed by atoms with Gasteiger partial charge < -0.3 is 5.11 Å². The Morgan fingerprint density at radius 1 is 1.00 bits per heavy atom. The highest BCUT2D eigenvalue weighted by molar-refractivity contribution is 5.79. The van der Waals surface area contributed by atoms with Crippen LogP contribution in [0.3, 0.4) is 0 Å². The molecule has 2 nitrogen and oxygen atoms in total. The molecule has 1 aliphatic rings. The van der Waals surface area contributed by atoms with Crippen molar-refractivity contribution in [1.29, 1.82) is 0 Å². The van der Waals surface area contributed by atoms with Crippen molar-refractivity contribution in [3.63, 3.8) is 0 Å². The maximum atomic E-state index is 10.9. The molecule has 0 amide bonds. The number of rotatable bonds is 1. The third-order valence-corrected chi connectivity index (χ3v) is 4.07. The van der Waals surface area contributed by atoms with Crippen LogP contribution in [0, 0.1) is 0 Å². The summed E-state index contributed by atoms with van der Waals surface area (Å²) in [5.41, 5.74) is 1.38. The minimum Gasteiger partial charge on any atom is -0.385 e. The number of benzene rings is 1. The third-order valence-electron chi connectivity index (χ3n) is 4.07. The lowest BCUT2D eigenvalue weighted by atomic mass is 9.86. The van der Waals surface area contributed by atoms with Crippen LogP contribution in [0.25, 0.3) is 10.9 Å². The van der Waals surface area contributed by atoms with E-state index in [1.807, 2.05) is 12.3 Å². The van der Waals surface area contributed by atoms with Crippen LogP contribution >= 0.6 is 0 Å². The maximum absolute atomic E-state index is 10.9. The molecule has 18 heavy (non-hydrogen) atoms. The molecule has 0 radical (unpaired) electrons. The molecule has 2 aromatic rings. The summed E-state index contributed by atoms with van der Waals surface area (Å²) in [4.78, 5) is 4.38. The molecule has 0 spiro atoms. The second-order valence-corrected chi connectivity index (χ2v) is 5.36. The largest absolute Gasteiger partial charge is 0.385 e. The number of nitrogens with zero attached hydrogens (tertiary/aromatic N) is 1. The number of aromatic nitrogens is 1. The van der Waals surface area contributed by atoms with Gasteiger partial charge in [0.05, 0.1) is 11.1 Å². The molecule has 1 aromatic carbocycles. The number of hydrogen-bond acceptors (Lipinski definition) is 2. The summed E-state index contributed by atoms with van der Waals surface area (Å²) in [5, 5.41) is 12.0.